The molecule has 0 bridgehead atoms. The van der Waals surface area contributed by atoms with Crippen LogP contribution in [0.1, 0.15) is 13.3 Å². The van der Waals surface area contributed by atoms with Gasteiger partial charge in [-0.15, -0.1) is 0 Å². The fourth-order valence-electron chi connectivity index (χ4n) is 2.21. The van der Waals surface area contributed by atoms with Gasteiger partial charge in [0.1, 0.15) is 0 Å². The molecule has 0 radical (unpaired) electrons. The first-order chi connectivity index (χ1) is 8.17. The molecule has 1 heterocycles. The molecule has 17 heavy (non-hydrogen) atoms. The number of hydrogen-bond donors (Lipinski definition) is 1. The van der Waals surface area contributed by atoms with Crippen LogP contribution in [-0.2, 0) is 0 Å². The lowest BCUT2D eigenvalue weighted by molar-refractivity contribution is 0.218. The molecule has 1 atom stereocenters. The Morgan fingerprint density at radius 2 is 2.24 bits per heavy atom. The van der Waals surface area contributed by atoms with E-state index in [2.05, 4.69) is 12.2 Å². The van der Waals surface area contributed by atoms with Gasteiger partial charge in [-0.25, -0.2) is 4.79 Å². The smallest absolute Gasteiger partial charge is 0.324 e. The van der Waals surface area contributed by atoms with Crippen molar-refractivity contribution in [1.82, 2.24) is 4.90 Å². The summed E-state index contributed by atoms with van der Waals surface area (Å²) in [5.74, 6) is 0. The zero-order valence-corrected chi connectivity index (χ0v) is 10.6. The minimum absolute atomic E-state index is 0.0881. The van der Waals surface area contributed by atoms with Crippen LogP contribution < -0.4 is 10.2 Å². The van der Waals surface area contributed by atoms with Gasteiger partial charge in [0.25, 0.3) is 0 Å². The third-order valence-corrected chi connectivity index (χ3v) is 3.39. The third-order valence-electron chi connectivity index (χ3n) is 3.39. The highest BCUT2D eigenvalue weighted by molar-refractivity contribution is 5.94. The van der Waals surface area contributed by atoms with E-state index in [1.165, 1.54) is 0 Å². The van der Waals surface area contributed by atoms with Gasteiger partial charge in [0.2, 0.25) is 0 Å². The van der Waals surface area contributed by atoms with Crippen LogP contribution in [-0.4, -0.2) is 37.6 Å². The average molecular weight is 233 g/mol. The first-order valence-electron chi connectivity index (χ1n) is 5.99. The van der Waals surface area contributed by atoms with Crippen LogP contribution in [0.15, 0.2) is 24.3 Å². The summed E-state index contributed by atoms with van der Waals surface area (Å²) in [6.45, 7) is 2.89. The molecule has 0 aromatic heterocycles. The summed E-state index contributed by atoms with van der Waals surface area (Å²) in [6, 6.07) is 8.35. The van der Waals surface area contributed by atoms with E-state index in [9.17, 15) is 4.79 Å². The Morgan fingerprint density at radius 3 is 2.82 bits per heavy atom. The summed E-state index contributed by atoms with van der Waals surface area (Å²) in [6.07, 6.45) is 0.991. The fourth-order valence-corrected chi connectivity index (χ4v) is 2.21. The maximum absolute atomic E-state index is 12.1. The molecule has 1 aliphatic rings. The van der Waals surface area contributed by atoms with Crippen LogP contribution in [0.2, 0.25) is 0 Å². The predicted octanol–water partition coefficient (Wildman–Crippen LogP) is 2.38. The lowest BCUT2D eigenvalue weighted by Gasteiger charge is -2.16. The third kappa shape index (κ3) is 2.07. The number of carbonyl (C=O) groups is 1. The molecular formula is C13H19N3O. The molecule has 4 heteroatoms. The summed E-state index contributed by atoms with van der Waals surface area (Å²) in [7, 11) is 3.75. The van der Waals surface area contributed by atoms with Gasteiger partial charge < -0.3 is 10.2 Å². The highest BCUT2D eigenvalue weighted by Gasteiger charge is 2.34. The zero-order valence-electron chi connectivity index (χ0n) is 10.6. The van der Waals surface area contributed by atoms with Gasteiger partial charge in [0.15, 0.2) is 0 Å². The van der Waals surface area contributed by atoms with Gasteiger partial charge in [-0.3, -0.25) is 4.90 Å². The molecule has 1 aliphatic heterocycles. The molecular weight excluding hydrogens is 214 g/mol. The van der Waals surface area contributed by atoms with Gasteiger partial charge in [-0.1, -0.05) is 13.0 Å². The number of benzene rings is 1. The number of amides is 2. The topological polar surface area (TPSA) is 35.6 Å². The molecule has 2 amide bonds. The second-order valence-corrected chi connectivity index (χ2v) is 4.37. The van der Waals surface area contributed by atoms with Crippen LogP contribution in [0.5, 0.6) is 0 Å². The Labute approximate surface area is 102 Å². The molecule has 0 aliphatic carbocycles. The number of hydrogen-bond acceptors (Lipinski definition) is 2. The van der Waals surface area contributed by atoms with Crippen molar-refractivity contribution in [3.8, 4) is 0 Å². The maximum Gasteiger partial charge on any atom is 0.324 e. The second-order valence-electron chi connectivity index (χ2n) is 4.37. The van der Waals surface area contributed by atoms with Gasteiger partial charge in [-0.05, 0) is 24.6 Å². The van der Waals surface area contributed by atoms with Crippen molar-refractivity contribution in [2.24, 2.45) is 0 Å². The van der Waals surface area contributed by atoms with Crippen LogP contribution in [0.4, 0.5) is 16.2 Å². The number of carbonyl (C=O) groups excluding carboxylic acids is 1. The van der Waals surface area contributed by atoms with Gasteiger partial charge in [0, 0.05) is 32.0 Å². The Hall–Kier alpha value is -1.71. The van der Waals surface area contributed by atoms with E-state index in [1.54, 1.807) is 0 Å². The van der Waals surface area contributed by atoms with E-state index in [-0.39, 0.29) is 6.03 Å². The van der Waals surface area contributed by atoms with E-state index in [0.29, 0.717) is 6.04 Å². The monoisotopic (exact) mass is 233 g/mol. The second kappa shape index (κ2) is 4.65. The number of nitrogens with one attached hydrogen (secondary N) is 1. The van der Waals surface area contributed by atoms with Crippen molar-refractivity contribution < 1.29 is 4.79 Å². The number of urea groups is 1. The van der Waals surface area contributed by atoms with Crippen molar-refractivity contribution >= 4 is 17.4 Å². The molecule has 0 spiro atoms. The van der Waals surface area contributed by atoms with Crippen molar-refractivity contribution in [1.29, 1.82) is 0 Å². The van der Waals surface area contributed by atoms with E-state index >= 15 is 0 Å². The van der Waals surface area contributed by atoms with E-state index in [1.807, 2.05) is 48.2 Å². The Kier molecular flexibility index (Phi) is 3.22. The lowest BCUT2D eigenvalue weighted by atomic mass is 10.2. The highest BCUT2D eigenvalue weighted by Crippen LogP contribution is 2.26. The van der Waals surface area contributed by atoms with Crippen LogP contribution in [0.25, 0.3) is 0 Å². The number of nitrogens with zero attached hydrogens (tertiary/aromatic N) is 2. The predicted molar refractivity (Wildman–Crippen MR) is 70.6 cm³/mol. The summed E-state index contributed by atoms with van der Waals surface area (Å²) in [5.41, 5.74) is 1.99. The summed E-state index contributed by atoms with van der Waals surface area (Å²) in [4.78, 5) is 15.8. The molecule has 4 nitrogen and oxygen atoms in total. The highest BCUT2D eigenvalue weighted by atomic mass is 16.2. The quantitative estimate of drug-likeness (QED) is 0.870. The van der Waals surface area contributed by atoms with Gasteiger partial charge in [0.05, 0.1) is 6.04 Å². The van der Waals surface area contributed by atoms with Crippen LogP contribution in [0, 0.1) is 0 Å². The minimum Gasteiger partial charge on any atom is -0.388 e. The first kappa shape index (κ1) is 11.8. The molecule has 1 N–H and O–H groups in total. The SMILES string of the molecule is CCC1CN(c2cccc(NC)c2)C(=O)N1C. The number of rotatable bonds is 3. The van der Waals surface area contributed by atoms with Crippen molar-refractivity contribution in [2.45, 2.75) is 19.4 Å². The van der Waals surface area contributed by atoms with Crippen LogP contribution in [0.3, 0.4) is 0 Å². The van der Waals surface area contributed by atoms with Gasteiger partial charge >= 0.3 is 6.03 Å². The molecule has 92 valence electrons. The average Bonchev–Trinajstić information content (AvgIpc) is 2.66. The zero-order chi connectivity index (χ0) is 12.4. The molecule has 1 fully saturated rings. The summed E-state index contributed by atoms with van der Waals surface area (Å²) >= 11 is 0. The molecule has 1 aromatic rings. The summed E-state index contributed by atoms with van der Waals surface area (Å²) in [5, 5.41) is 3.09. The van der Waals surface area contributed by atoms with Crippen LogP contribution >= 0.6 is 0 Å². The fraction of sp³-hybridized carbons (Fsp3) is 0.462. The largest absolute Gasteiger partial charge is 0.388 e. The molecule has 2 rings (SSSR count). The number of anilines is 2. The van der Waals surface area contributed by atoms with E-state index in [4.69, 9.17) is 0 Å². The normalized spacial score (nSPS) is 19.9. The van der Waals surface area contributed by atoms with Crippen molar-refractivity contribution in [2.75, 3.05) is 30.9 Å². The number of likely N-dealkylation sites (N-methyl/N-ethyl adjacent to an activating group) is 1. The van der Waals surface area contributed by atoms with Crippen molar-refractivity contribution in [3.63, 3.8) is 0 Å². The Balaban J connectivity index is 2.25. The van der Waals surface area contributed by atoms with Crippen molar-refractivity contribution in [3.05, 3.63) is 24.3 Å². The standard InChI is InChI=1S/C13H19N3O/c1-4-11-9-16(13(17)15(11)3)12-7-5-6-10(8-12)14-2/h5-8,11,14H,4,9H2,1-3H3. The molecule has 0 saturated carbocycles. The lowest BCUT2D eigenvalue weighted by Crippen LogP contribution is -2.30. The molecule has 1 saturated heterocycles. The van der Waals surface area contributed by atoms with Gasteiger partial charge in [-0.2, -0.15) is 0 Å². The Bertz CT molecular complexity index is 419. The Morgan fingerprint density at radius 1 is 1.47 bits per heavy atom. The molecule has 1 unspecified atom stereocenters. The summed E-state index contributed by atoms with van der Waals surface area (Å²) < 4.78 is 0. The van der Waals surface area contributed by atoms with E-state index in [0.717, 1.165) is 24.3 Å². The first-order valence-corrected chi connectivity index (χ1v) is 5.99. The van der Waals surface area contributed by atoms with E-state index < -0.39 is 0 Å². The molecule has 1 aromatic carbocycles. The maximum atomic E-state index is 12.1. The minimum atomic E-state index is 0.0881.